The second-order valence-electron chi connectivity index (χ2n) is 4.44. The van der Waals surface area contributed by atoms with E-state index in [0.29, 0.717) is 12.5 Å². The molecule has 19 heavy (non-hydrogen) atoms. The zero-order valence-corrected chi connectivity index (χ0v) is 11.5. The number of rotatable bonds is 6. The summed E-state index contributed by atoms with van der Waals surface area (Å²) in [6.45, 7) is 3.62. The van der Waals surface area contributed by atoms with Crippen LogP contribution in [0, 0.1) is 0 Å². The molecule has 2 aromatic rings. The molecular formula is C14H16F2N2S. The summed E-state index contributed by atoms with van der Waals surface area (Å²) >= 11 is 1.65. The van der Waals surface area contributed by atoms with Gasteiger partial charge in [0.05, 0.1) is 5.01 Å². The van der Waals surface area contributed by atoms with Gasteiger partial charge in [0.25, 0.3) is 6.43 Å². The lowest BCUT2D eigenvalue weighted by atomic mass is 10.1. The molecule has 5 heteroatoms. The minimum absolute atomic E-state index is 0.0694. The third-order valence-corrected chi connectivity index (χ3v) is 3.89. The van der Waals surface area contributed by atoms with Gasteiger partial charge in [-0.3, -0.25) is 0 Å². The van der Waals surface area contributed by atoms with E-state index in [1.165, 1.54) is 12.1 Å². The minimum atomic E-state index is -2.40. The molecule has 0 fully saturated rings. The standard InChI is InChI=1S/C14H16F2N2S/c1-10(14-18-6-7-19-14)8-17-9-11-2-4-12(5-3-11)13(15)16/h2-7,10,13,17H,8-9H2,1H3. The number of nitrogens with zero attached hydrogens (tertiary/aromatic N) is 1. The first kappa shape index (κ1) is 14.1. The molecule has 0 radical (unpaired) electrons. The Labute approximate surface area is 115 Å². The minimum Gasteiger partial charge on any atom is -0.312 e. The molecule has 1 aromatic heterocycles. The van der Waals surface area contributed by atoms with Gasteiger partial charge in [0.15, 0.2) is 0 Å². The second-order valence-corrected chi connectivity index (χ2v) is 5.37. The fourth-order valence-corrected chi connectivity index (χ4v) is 2.48. The predicted octanol–water partition coefficient (Wildman–Crippen LogP) is 3.97. The molecule has 1 aromatic carbocycles. The van der Waals surface area contributed by atoms with E-state index in [0.717, 1.165) is 17.1 Å². The largest absolute Gasteiger partial charge is 0.312 e. The number of hydrogen-bond donors (Lipinski definition) is 1. The molecule has 0 spiro atoms. The van der Waals surface area contributed by atoms with E-state index < -0.39 is 6.43 Å². The number of hydrogen-bond acceptors (Lipinski definition) is 3. The molecule has 0 aliphatic heterocycles. The average molecular weight is 282 g/mol. The van der Waals surface area contributed by atoms with Crippen molar-refractivity contribution in [1.82, 2.24) is 10.3 Å². The van der Waals surface area contributed by atoms with Gasteiger partial charge in [-0.05, 0) is 5.56 Å². The van der Waals surface area contributed by atoms with Gasteiger partial charge in [0, 0.05) is 36.1 Å². The molecular weight excluding hydrogens is 266 g/mol. The Morgan fingerprint density at radius 3 is 2.58 bits per heavy atom. The summed E-state index contributed by atoms with van der Waals surface area (Å²) in [5, 5.41) is 6.40. The number of aromatic nitrogens is 1. The molecule has 102 valence electrons. The van der Waals surface area contributed by atoms with E-state index in [4.69, 9.17) is 0 Å². The molecule has 0 aliphatic rings. The Kier molecular flexibility index (Phi) is 4.99. The Morgan fingerprint density at radius 2 is 2.00 bits per heavy atom. The normalized spacial score (nSPS) is 12.8. The summed E-state index contributed by atoms with van der Waals surface area (Å²) in [5.74, 6) is 0.361. The fraction of sp³-hybridized carbons (Fsp3) is 0.357. The molecule has 0 saturated carbocycles. The van der Waals surface area contributed by atoms with Crippen LogP contribution in [0.5, 0.6) is 0 Å². The third-order valence-electron chi connectivity index (χ3n) is 2.88. The highest BCUT2D eigenvalue weighted by molar-refractivity contribution is 7.09. The summed E-state index contributed by atoms with van der Waals surface area (Å²) in [6, 6.07) is 6.43. The van der Waals surface area contributed by atoms with Crippen molar-refractivity contribution in [2.45, 2.75) is 25.8 Å². The summed E-state index contributed by atoms with van der Waals surface area (Å²) < 4.78 is 24.8. The van der Waals surface area contributed by atoms with Gasteiger partial charge in [0.2, 0.25) is 0 Å². The van der Waals surface area contributed by atoms with Gasteiger partial charge in [-0.1, -0.05) is 31.2 Å². The van der Waals surface area contributed by atoms with Gasteiger partial charge < -0.3 is 5.32 Å². The van der Waals surface area contributed by atoms with Crippen LogP contribution < -0.4 is 5.32 Å². The highest BCUT2D eigenvalue weighted by atomic mass is 32.1. The van der Waals surface area contributed by atoms with Crippen molar-refractivity contribution in [3.63, 3.8) is 0 Å². The zero-order chi connectivity index (χ0) is 13.7. The quantitative estimate of drug-likeness (QED) is 0.867. The maximum Gasteiger partial charge on any atom is 0.263 e. The molecule has 1 heterocycles. The molecule has 1 atom stereocenters. The Balaban J connectivity index is 1.79. The van der Waals surface area contributed by atoms with Crippen molar-refractivity contribution >= 4 is 11.3 Å². The Morgan fingerprint density at radius 1 is 1.26 bits per heavy atom. The fourth-order valence-electron chi connectivity index (χ4n) is 1.78. The van der Waals surface area contributed by atoms with Gasteiger partial charge >= 0.3 is 0 Å². The zero-order valence-electron chi connectivity index (χ0n) is 10.6. The average Bonchev–Trinajstić information content (AvgIpc) is 2.93. The van der Waals surface area contributed by atoms with Crippen LogP contribution in [-0.4, -0.2) is 11.5 Å². The van der Waals surface area contributed by atoms with E-state index in [9.17, 15) is 8.78 Å². The molecule has 1 unspecified atom stereocenters. The van der Waals surface area contributed by atoms with E-state index in [1.807, 2.05) is 5.38 Å². The second kappa shape index (κ2) is 6.73. The molecule has 0 saturated heterocycles. The lowest BCUT2D eigenvalue weighted by molar-refractivity contribution is 0.151. The molecule has 1 N–H and O–H groups in total. The third kappa shape index (κ3) is 4.08. The maximum atomic E-state index is 12.4. The number of thiazole rings is 1. The van der Waals surface area contributed by atoms with Crippen LogP contribution in [0.25, 0.3) is 0 Å². The van der Waals surface area contributed by atoms with Crippen molar-refractivity contribution in [2.24, 2.45) is 0 Å². The van der Waals surface area contributed by atoms with E-state index >= 15 is 0 Å². The maximum absolute atomic E-state index is 12.4. The number of benzene rings is 1. The van der Waals surface area contributed by atoms with Crippen LogP contribution in [0.1, 0.15) is 35.4 Å². The summed E-state index contributed by atoms with van der Waals surface area (Å²) in [7, 11) is 0. The van der Waals surface area contributed by atoms with Crippen LogP contribution in [0.15, 0.2) is 35.8 Å². The highest BCUT2D eigenvalue weighted by Crippen LogP contribution is 2.19. The van der Waals surface area contributed by atoms with Crippen molar-refractivity contribution in [2.75, 3.05) is 6.54 Å². The van der Waals surface area contributed by atoms with Gasteiger partial charge in [-0.25, -0.2) is 13.8 Å². The van der Waals surface area contributed by atoms with Crippen molar-refractivity contribution in [1.29, 1.82) is 0 Å². The Hall–Kier alpha value is -1.33. The van der Waals surface area contributed by atoms with E-state index in [2.05, 4.69) is 17.2 Å². The smallest absolute Gasteiger partial charge is 0.263 e. The summed E-state index contributed by atoms with van der Waals surface area (Å²) in [6.07, 6.45) is -0.591. The first-order chi connectivity index (χ1) is 9.16. The van der Waals surface area contributed by atoms with Crippen molar-refractivity contribution < 1.29 is 8.78 Å². The molecule has 2 rings (SSSR count). The lowest BCUT2D eigenvalue weighted by Gasteiger charge is -2.10. The first-order valence-corrected chi connectivity index (χ1v) is 7.02. The number of nitrogens with one attached hydrogen (secondary N) is 1. The molecule has 0 amide bonds. The lowest BCUT2D eigenvalue weighted by Crippen LogP contribution is -2.19. The van der Waals surface area contributed by atoms with Crippen molar-refractivity contribution in [3.8, 4) is 0 Å². The van der Waals surface area contributed by atoms with E-state index in [-0.39, 0.29) is 5.56 Å². The topological polar surface area (TPSA) is 24.9 Å². The molecule has 2 nitrogen and oxygen atoms in total. The SMILES string of the molecule is CC(CNCc1ccc(C(F)F)cc1)c1nccs1. The van der Waals surface area contributed by atoms with Crippen molar-refractivity contribution in [3.05, 3.63) is 52.0 Å². The van der Waals surface area contributed by atoms with Crippen LogP contribution in [0.3, 0.4) is 0 Å². The molecule has 0 aliphatic carbocycles. The van der Waals surface area contributed by atoms with E-state index in [1.54, 1.807) is 29.7 Å². The van der Waals surface area contributed by atoms with Gasteiger partial charge in [-0.2, -0.15) is 0 Å². The van der Waals surface area contributed by atoms with Crippen LogP contribution in [-0.2, 0) is 6.54 Å². The summed E-state index contributed by atoms with van der Waals surface area (Å²) in [5.41, 5.74) is 1.08. The first-order valence-electron chi connectivity index (χ1n) is 6.14. The monoisotopic (exact) mass is 282 g/mol. The predicted molar refractivity (Wildman–Crippen MR) is 73.6 cm³/mol. The van der Waals surface area contributed by atoms with Gasteiger partial charge in [0.1, 0.15) is 0 Å². The van der Waals surface area contributed by atoms with Gasteiger partial charge in [-0.15, -0.1) is 11.3 Å². The van der Waals surface area contributed by atoms with Crippen LogP contribution in [0.4, 0.5) is 8.78 Å². The highest BCUT2D eigenvalue weighted by Gasteiger charge is 2.08. The molecule has 0 bridgehead atoms. The summed E-state index contributed by atoms with van der Waals surface area (Å²) in [4.78, 5) is 4.27. The number of halogens is 2. The van der Waals surface area contributed by atoms with Crippen LogP contribution >= 0.6 is 11.3 Å². The Bertz CT molecular complexity index is 483. The number of alkyl halides is 2. The van der Waals surface area contributed by atoms with Crippen LogP contribution in [0.2, 0.25) is 0 Å².